The van der Waals surface area contributed by atoms with Crippen LogP contribution in [0.5, 0.6) is 0 Å². The molecule has 106 valence electrons. The Morgan fingerprint density at radius 3 is 2.90 bits per heavy atom. The third kappa shape index (κ3) is 2.58. The van der Waals surface area contributed by atoms with Crippen molar-refractivity contribution in [1.29, 1.82) is 0 Å². The molecule has 1 atom stereocenters. The fraction of sp³-hybridized carbons (Fsp3) is 0.400. The molecule has 0 aliphatic carbocycles. The molecule has 1 N–H and O–H groups in total. The monoisotopic (exact) mass is 277 g/mol. The summed E-state index contributed by atoms with van der Waals surface area (Å²) in [5, 5.41) is 0. The van der Waals surface area contributed by atoms with Crippen LogP contribution >= 0.6 is 0 Å². The van der Waals surface area contributed by atoms with Gasteiger partial charge in [-0.05, 0) is 44.0 Å². The molecule has 0 radical (unpaired) electrons. The van der Waals surface area contributed by atoms with Crippen molar-refractivity contribution < 1.29 is 8.78 Å². The van der Waals surface area contributed by atoms with Gasteiger partial charge in [0.2, 0.25) is 0 Å². The molecule has 0 bridgehead atoms. The Kier molecular flexibility index (Phi) is 3.53. The van der Waals surface area contributed by atoms with Gasteiger partial charge in [-0.3, -0.25) is 4.90 Å². The minimum absolute atomic E-state index is 0.233. The number of benzene rings is 1. The van der Waals surface area contributed by atoms with Gasteiger partial charge in [0.15, 0.2) is 11.6 Å². The fourth-order valence-electron chi connectivity index (χ4n) is 2.80. The van der Waals surface area contributed by atoms with Crippen LogP contribution in [0.3, 0.4) is 0 Å². The van der Waals surface area contributed by atoms with E-state index in [9.17, 15) is 8.78 Å². The first-order chi connectivity index (χ1) is 9.63. The highest BCUT2D eigenvalue weighted by Crippen LogP contribution is 2.31. The Morgan fingerprint density at radius 2 is 2.20 bits per heavy atom. The number of hydrogen-bond donors (Lipinski definition) is 1. The van der Waals surface area contributed by atoms with E-state index < -0.39 is 11.6 Å². The van der Waals surface area contributed by atoms with Crippen LogP contribution in [-0.4, -0.2) is 21.4 Å². The molecular weight excluding hydrogens is 260 g/mol. The SMILES string of the molecule is Cc1cnc([C@@H]2CCCN2Cc2ccc(F)c(F)c2)[nH]1. The molecule has 1 aliphatic rings. The van der Waals surface area contributed by atoms with Crippen LogP contribution in [0.4, 0.5) is 8.78 Å². The Balaban J connectivity index is 1.77. The van der Waals surface area contributed by atoms with E-state index in [1.807, 2.05) is 13.1 Å². The van der Waals surface area contributed by atoms with E-state index in [0.717, 1.165) is 36.5 Å². The smallest absolute Gasteiger partial charge is 0.159 e. The summed E-state index contributed by atoms with van der Waals surface area (Å²) >= 11 is 0. The van der Waals surface area contributed by atoms with Crippen molar-refractivity contribution in [3.05, 3.63) is 53.1 Å². The van der Waals surface area contributed by atoms with Crippen LogP contribution in [0, 0.1) is 18.6 Å². The van der Waals surface area contributed by atoms with Crippen molar-refractivity contribution in [2.24, 2.45) is 0 Å². The summed E-state index contributed by atoms with van der Waals surface area (Å²) in [4.78, 5) is 9.91. The Labute approximate surface area is 116 Å². The average molecular weight is 277 g/mol. The Hall–Kier alpha value is -1.75. The maximum atomic E-state index is 13.3. The van der Waals surface area contributed by atoms with Crippen LogP contribution < -0.4 is 0 Å². The molecule has 1 saturated heterocycles. The van der Waals surface area contributed by atoms with Gasteiger partial charge in [0.05, 0.1) is 6.04 Å². The van der Waals surface area contributed by atoms with E-state index in [-0.39, 0.29) is 6.04 Å². The minimum Gasteiger partial charge on any atom is -0.345 e. The maximum absolute atomic E-state index is 13.3. The highest BCUT2D eigenvalue weighted by atomic mass is 19.2. The number of nitrogens with zero attached hydrogens (tertiary/aromatic N) is 2. The van der Waals surface area contributed by atoms with Crippen molar-refractivity contribution >= 4 is 0 Å². The van der Waals surface area contributed by atoms with Gasteiger partial charge in [-0.15, -0.1) is 0 Å². The topological polar surface area (TPSA) is 31.9 Å². The summed E-state index contributed by atoms with van der Waals surface area (Å²) in [6.45, 7) is 3.54. The van der Waals surface area contributed by atoms with Crippen molar-refractivity contribution in [1.82, 2.24) is 14.9 Å². The zero-order valence-electron chi connectivity index (χ0n) is 11.4. The Bertz CT molecular complexity index is 609. The van der Waals surface area contributed by atoms with Crippen molar-refractivity contribution in [2.75, 3.05) is 6.54 Å². The van der Waals surface area contributed by atoms with Crippen molar-refractivity contribution in [2.45, 2.75) is 32.4 Å². The Morgan fingerprint density at radius 1 is 1.35 bits per heavy atom. The van der Waals surface area contributed by atoms with Gasteiger partial charge in [-0.2, -0.15) is 0 Å². The number of H-pyrrole nitrogens is 1. The quantitative estimate of drug-likeness (QED) is 0.933. The van der Waals surface area contributed by atoms with E-state index in [1.54, 1.807) is 6.07 Å². The van der Waals surface area contributed by atoms with E-state index in [2.05, 4.69) is 14.9 Å². The van der Waals surface area contributed by atoms with Crippen LogP contribution in [0.25, 0.3) is 0 Å². The second-order valence-corrected chi connectivity index (χ2v) is 5.33. The highest BCUT2D eigenvalue weighted by molar-refractivity contribution is 5.18. The summed E-state index contributed by atoms with van der Waals surface area (Å²) in [6, 6.07) is 4.34. The average Bonchev–Trinajstić information content (AvgIpc) is 3.03. The molecule has 1 aromatic carbocycles. The summed E-state index contributed by atoms with van der Waals surface area (Å²) in [5.74, 6) is -0.622. The largest absolute Gasteiger partial charge is 0.345 e. The molecule has 2 heterocycles. The predicted octanol–water partition coefficient (Wildman–Crippen LogP) is 3.33. The summed E-state index contributed by atoms with van der Waals surface area (Å²) in [5.41, 5.74) is 1.83. The first-order valence-corrected chi connectivity index (χ1v) is 6.83. The second kappa shape index (κ2) is 5.32. The second-order valence-electron chi connectivity index (χ2n) is 5.33. The molecule has 2 aromatic rings. The summed E-state index contributed by atoms with van der Waals surface area (Å²) in [7, 11) is 0. The van der Waals surface area contributed by atoms with Gasteiger partial charge >= 0.3 is 0 Å². The number of rotatable bonds is 3. The molecule has 20 heavy (non-hydrogen) atoms. The van der Waals surface area contributed by atoms with Crippen LogP contribution in [0.15, 0.2) is 24.4 Å². The molecule has 1 aliphatic heterocycles. The number of aromatic nitrogens is 2. The molecule has 5 heteroatoms. The molecule has 1 fully saturated rings. The molecule has 0 spiro atoms. The number of aryl methyl sites for hydroxylation is 1. The normalized spacial score (nSPS) is 19.6. The van der Waals surface area contributed by atoms with Gasteiger partial charge < -0.3 is 4.98 Å². The van der Waals surface area contributed by atoms with E-state index >= 15 is 0 Å². The number of aromatic amines is 1. The van der Waals surface area contributed by atoms with Crippen LogP contribution in [0.2, 0.25) is 0 Å². The first-order valence-electron chi connectivity index (χ1n) is 6.83. The molecule has 1 aromatic heterocycles. The molecule has 0 unspecified atom stereocenters. The number of halogens is 2. The standard InChI is InChI=1S/C15H17F2N3/c1-10-8-18-15(19-10)14-3-2-6-20(14)9-11-4-5-12(16)13(17)7-11/h4-5,7-8,14H,2-3,6,9H2,1H3,(H,18,19)/t14-/m0/s1. The summed E-state index contributed by atoms with van der Waals surface area (Å²) < 4.78 is 26.2. The minimum atomic E-state index is -0.798. The third-order valence-electron chi connectivity index (χ3n) is 3.77. The van der Waals surface area contributed by atoms with Gasteiger partial charge in [0, 0.05) is 18.4 Å². The van der Waals surface area contributed by atoms with Crippen LogP contribution in [0.1, 0.15) is 36.0 Å². The van der Waals surface area contributed by atoms with E-state index in [1.165, 1.54) is 12.1 Å². The number of nitrogens with one attached hydrogen (secondary N) is 1. The van der Waals surface area contributed by atoms with Crippen molar-refractivity contribution in [3.8, 4) is 0 Å². The first kappa shape index (κ1) is 13.2. The van der Waals surface area contributed by atoms with E-state index in [4.69, 9.17) is 0 Å². The predicted molar refractivity (Wildman–Crippen MR) is 72.1 cm³/mol. The van der Waals surface area contributed by atoms with Gasteiger partial charge in [0.25, 0.3) is 0 Å². The molecule has 3 nitrogen and oxygen atoms in total. The van der Waals surface area contributed by atoms with E-state index in [0.29, 0.717) is 6.54 Å². The number of hydrogen-bond acceptors (Lipinski definition) is 2. The lowest BCUT2D eigenvalue weighted by Crippen LogP contribution is -2.23. The lowest BCUT2D eigenvalue weighted by Gasteiger charge is -2.23. The zero-order chi connectivity index (χ0) is 14.1. The molecule has 0 amide bonds. The number of imidazole rings is 1. The zero-order valence-corrected chi connectivity index (χ0v) is 11.4. The maximum Gasteiger partial charge on any atom is 0.159 e. The lowest BCUT2D eigenvalue weighted by atomic mass is 10.1. The lowest BCUT2D eigenvalue weighted by molar-refractivity contribution is 0.240. The van der Waals surface area contributed by atoms with Gasteiger partial charge in [-0.1, -0.05) is 6.07 Å². The van der Waals surface area contributed by atoms with Gasteiger partial charge in [-0.25, -0.2) is 13.8 Å². The molecule has 0 saturated carbocycles. The van der Waals surface area contributed by atoms with Crippen molar-refractivity contribution in [3.63, 3.8) is 0 Å². The van der Waals surface area contributed by atoms with Crippen LogP contribution in [-0.2, 0) is 6.54 Å². The van der Waals surface area contributed by atoms with Gasteiger partial charge in [0.1, 0.15) is 5.82 Å². The third-order valence-corrected chi connectivity index (χ3v) is 3.77. The molecular formula is C15H17F2N3. The highest BCUT2D eigenvalue weighted by Gasteiger charge is 2.28. The summed E-state index contributed by atoms with van der Waals surface area (Å²) in [6.07, 6.45) is 3.95. The molecule has 3 rings (SSSR count). The number of likely N-dealkylation sites (tertiary alicyclic amines) is 1. The fourth-order valence-corrected chi connectivity index (χ4v) is 2.80.